The molecule has 0 saturated heterocycles. The summed E-state index contributed by atoms with van der Waals surface area (Å²) < 4.78 is 0. The first kappa shape index (κ1) is 63.0. The van der Waals surface area contributed by atoms with E-state index in [4.69, 9.17) is 0 Å². The predicted molar refractivity (Wildman–Crippen MR) is 279 cm³/mol. The van der Waals surface area contributed by atoms with Crippen LogP contribution in [0, 0.1) is 0 Å². The SMILES string of the molecule is CCCCCCCCCCCCCCC/C=C/CCCC(O)C(O)C(CO)NC(=O)C(O)CCCCCCCCCCCCCCCCCCCCCCCCCCCCCCCC. The fourth-order valence-electron chi connectivity index (χ4n) is 9.41. The molecule has 64 heavy (non-hydrogen) atoms. The molecule has 0 saturated carbocycles. The third-order valence-electron chi connectivity index (χ3n) is 14.0. The normalized spacial score (nSPS) is 13.8. The standard InChI is InChI=1S/C58H115NO5/c1-3-5-7-9-11-13-15-17-19-21-23-24-25-26-27-28-29-30-31-32-33-34-36-38-40-42-44-46-48-50-52-56(62)58(64)59-54(53-60)57(63)55(61)51-49-47-45-43-41-39-37-35-22-20-18-16-14-12-10-8-6-4-2/h43,45,54-57,60-63H,3-42,44,46-53H2,1-2H3,(H,59,64)/b45-43+. The van der Waals surface area contributed by atoms with Crippen LogP contribution in [0.4, 0.5) is 0 Å². The molecule has 382 valence electrons. The van der Waals surface area contributed by atoms with Crippen LogP contribution in [0.2, 0.25) is 0 Å². The molecule has 0 spiro atoms. The summed E-state index contributed by atoms with van der Waals surface area (Å²) >= 11 is 0. The quantitative estimate of drug-likeness (QED) is 0.0308. The average molecular weight is 907 g/mol. The highest BCUT2D eigenvalue weighted by Gasteiger charge is 2.28. The Balaban J connectivity index is 3.57. The highest BCUT2D eigenvalue weighted by molar-refractivity contribution is 5.80. The molecule has 4 atom stereocenters. The predicted octanol–water partition coefficient (Wildman–Crippen LogP) is 16.9. The molecule has 5 N–H and O–H groups in total. The summed E-state index contributed by atoms with van der Waals surface area (Å²) in [5, 5.41) is 43.9. The van der Waals surface area contributed by atoms with Crippen LogP contribution in [-0.2, 0) is 4.79 Å². The summed E-state index contributed by atoms with van der Waals surface area (Å²) in [5.41, 5.74) is 0. The van der Waals surface area contributed by atoms with Gasteiger partial charge in [-0.15, -0.1) is 0 Å². The molecule has 0 aliphatic carbocycles. The van der Waals surface area contributed by atoms with Gasteiger partial charge in [0.25, 0.3) is 0 Å². The van der Waals surface area contributed by atoms with E-state index in [0.717, 1.165) is 38.5 Å². The zero-order valence-electron chi connectivity index (χ0n) is 43.3. The monoisotopic (exact) mass is 906 g/mol. The number of unbranched alkanes of at least 4 members (excludes halogenated alkanes) is 43. The van der Waals surface area contributed by atoms with E-state index in [9.17, 15) is 25.2 Å². The van der Waals surface area contributed by atoms with Gasteiger partial charge in [-0.25, -0.2) is 0 Å². The van der Waals surface area contributed by atoms with Gasteiger partial charge in [0.05, 0.1) is 18.8 Å². The number of nitrogens with one attached hydrogen (secondary N) is 1. The Hall–Kier alpha value is -0.950. The molecule has 0 rings (SSSR count). The van der Waals surface area contributed by atoms with E-state index in [1.54, 1.807) is 0 Å². The summed E-state index contributed by atoms with van der Waals surface area (Å²) in [6.45, 7) is 4.08. The van der Waals surface area contributed by atoms with Gasteiger partial charge in [-0.2, -0.15) is 0 Å². The van der Waals surface area contributed by atoms with Crippen LogP contribution in [0.3, 0.4) is 0 Å². The first-order chi connectivity index (χ1) is 31.5. The Morgan fingerprint density at radius 2 is 0.641 bits per heavy atom. The number of hydrogen-bond acceptors (Lipinski definition) is 5. The number of aliphatic hydroxyl groups is 4. The van der Waals surface area contributed by atoms with Gasteiger partial charge in [0.2, 0.25) is 5.91 Å². The summed E-state index contributed by atoms with van der Waals surface area (Å²) in [7, 11) is 0. The third-order valence-corrected chi connectivity index (χ3v) is 14.0. The van der Waals surface area contributed by atoms with Crippen molar-refractivity contribution in [1.82, 2.24) is 5.32 Å². The topological polar surface area (TPSA) is 110 Å². The summed E-state index contributed by atoms with van der Waals surface area (Å²) in [4.78, 5) is 12.6. The average Bonchev–Trinajstić information content (AvgIpc) is 3.30. The first-order valence-electron chi connectivity index (χ1n) is 29.1. The lowest BCUT2D eigenvalue weighted by molar-refractivity contribution is -0.132. The van der Waals surface area contributed by atoms with E-state index in [0.29, 0.717) is 12.8 Å². The van der Waals surface area contributed by atoms with E-state index in [-0.39, 0.29) is 0 Å². The van der Waals surface area contributed by atoms with Crippen LogP contribution in [0.25, 0.3) is 0 Å². The van der Waals surface area contributed by atoms with Gasteiger partial charge in [-0.3, -0.25) is 4.79 Å². The third kappa shape index (κ3) is 46.2. The Bertz CT molecular complexity index is 928. The van der Waals surface area contributed by atoms with Crippen molar-refractivity contribution in [2.75, 3.05) is 6.61 Å². The fourth-order valence-corrected chi connectivity index (χ4v) is 9.41. The van der Waals surface area contributed by atoms with Crippen LogP contribution >= 0.6 is 0 Å². The van der Waals surface area contributed by atoms with E-state index in [1.165, 1.54) is 257 Å². The lowest BCUT2D eigenvalue weighted by Gasteiger charge is -2.27. The minimum atomic E-state index is -1.28. The highest BCUT2D eigenvalue weighted by Crippen LogP contribution is 2.18. The second kappa shape index (κ2) is 53.0. The molecule has 0 aromatic heterocycles. The van der Waals surface area contributed by atoms with Crippen molar-refractivity contribution in [2.24, 2.45) is 0 Å². The maximum absolute atomic E-state index is 12.6. The maximum atomic E-state index is 12.6. The van der Waals surface area contributed by atoms with Crippen molar-refractivity contribution in [1.29, 1.82) is 0 Å². The van der Waals surface area contributed by atoms with E-state index < -0.39 is 36.9 Å². The highest BCUT2D eigenvalue weighted by atomic mass is 16.3. The molecule has 0 radical (unpaired) electrons. The number of rotatable bonds is 54. The molecule has 4 unspecified atom stereocenters. The van der Waals surface area contributed by atoms with E-state index in [1.807, 2.05) is 0 Å². The Morgan fingerprint density at radius 3 is 0.938 bits per heavy atom. The Morgan fingerprint density at radius 1 is 0.375 bits per heavy atom. The van der Waals surface area contributed by atoms with Crippen molar-refractivity contribution in [3.8, 4) is 0 Å². The molecule has 0 aromatic carbocycles. The number of carbonyl (C=O) groups is 1. The van der Waals surface area contributed by atoms with Crippen molar-refractivity contribution in [2.45, 2.75) is 346 Å². The molecule has 0 bridgehead atoms. The first-order valence-corrected chi connectivity index (χ1v) is 29.1. The molecule has 0 heterocycles. The second-order valence-corrected chi connectivity index (χ2v) is 20.3. The van der Waals surface area contributed by atoms with E-state index >= 15 is 0 Å². The van der Waals surface area contributed by atoms with Gasteiger partial charge in [0.1, 0.15) is 12.2 Å². The molecule has 0 fully saturated rings. The van der Waals surface area contributed by atoms with E-state index in [2.05, 4.69) is 31.3 Å². The van der Waals surface area contributed by atoms with Gasteiger partial charge in [-0.05, 0) is 38.5 Å². The molecular formula is C58H115NO5. The Kier molecular flexibility index (Phi) is 52.2. The number of aliphatic hydroxyl groups excluding tert-OH is 4. The van der Waals surface area contributed by atoms with Crippen LogP contribution in [0.5, 0.6) is 0 Å². The second-order valence-electron chi connectivity index (χ2n) is 20.3. The minimum Gasteiger partial charge on any atom is -0.394 e. The van der Waals surface area contributed by atoms with Gasteiger partial charge in [0, 0.05) is 0 Å². The zero-order valence-corrected chi connectivity index (χ0v) is 43.3. The molecule has 0 aliphatic rings. The molecule has 1 amide bonds. The summed E-state index contributed by atoms with van der Waals surface area (Å²) in [5.74, 6) is -0.586. The molecule has 0 aliphatic heterocycles. The number of carbonyl (C=O) groups excluding carboxylic acids is 1. The van der Waals surface area contributed by atoms with Gasteiger partial charge in [-0.1, -0.05) is 296 Å². The van der Waals surface area contributed by atoms with Crippen molar-refractivity contribution in [3.05, 3.63) is 12.2 Å². The van der Waals surface area contributed by atoms with Crippen LogP contribution in [0.15, 0.2) is 12.2 Å². The fraction of sp³-hybridized carbons (Fsp3) is 0.948. The zero-order chi connectivity index (χ0) is 46.7. The maximum Gasteiger partial charge on any atom is 0.249 e. The largest absolute Gasteiger partial charge is 0.394 e. The smallest absolute Gasteiger partial charge is 0.249 e. The van der Waals surface area contributed by atoms with Gasteiger partial charge in [0.15, 0.2) is 0 Å². The van der Waals surface area contributed by atoms with Crippen molar-refractivity contribution < 1.29 is 25.2 Å². The van der Waals surface area contributed by atoms with Crippen molar-refractivity contribution in [3.63, 3.8) is 0 Å². The van der Waals surface area contributed by atoms with Crippen molar-refractivity contribution >= 4 is 5.91 Å². The summed E-state index contributed by atoms with van der Waals surface area (Å²) in [6.07, 6.45) is 63.0. The lowest BCUT2D eigenvalue weighted by atomic mass is 10.00. The van der Waals surface area contributed by atoms with Crippen LogP contribution < -0.4 is 5.32 Å². The number of hydrogen-bond donors (Lipinski definition) is 5. The minimum absolute atomic E-state index is 0.369. The van der Waals surface area contributed by atoms with Gasteiger partial charge >= 0.3 is 0 Å². The van der Waals surface area contributed by atoms with Gasteiger partial charge < -0.3 is 25.7 Å². The van der Waals surface area contributed by atoms with Crippen LogP contribution in [-0.4, -0.2) is 57.3 Å². The molecule has 6 heteroatoms. The Labute approximate surface area is 400 Å². The molecule has 6 nitrogen and oxygen atoms in total. The number of allylic oxidation sites excluding steroid dienone is 2. The van der Waals surface area contributed by atoms with Crippen LogP contribution in [0.1, 0.15) is 322 Å². The molecule has 0 aromatic rings. The summed E-state index contributed by atoms with van der Waals surface area (Å²) in [6, 6.07) is -0.998. The lowest BCUT2D eigenvalue weighted by Crippen LogP contribution is -2.53. The number of amides is 1. The molecular weight excluding hydrogens is 791 g/mol.